The molecule has 3 N–H and O–H groups in total. The smallest absolute Gasteiger partial charge is 0.230 e. The lowest BCUT2D eigenvalue weighted by Crippen LogP contribution is -2.47. The molecule has 21 heavy (non-hydrogen) atoms. The summed E-state index contributed by atoms with van der Waals surface area (Å²) in [5, 5.41) is 14.4. The summed E-state index contributed by atoms with van der Waals surface area (Å²) < 4.78 is 24.5. The Labute approximate surface area is 126 Å². The Morgan fingerprint density at radius 1 is 1.57 bits per heavy atom. The monoisotopic (exact) mass is 334 g/mol. The van der Waals surface area contributed by atoms with E-state index >= 15 is 0 Å². The molecule has 1 amide bonds. The van der Waals surface area contributed by atoms with Crippen LogP contribution in [0, 0.1) is 0 Å². The minimum atomic E-state index is -3.04. The Bertz CT molecular complexity index is 616. The number of carbonyl (C=O) groups is 1. The van der Waals surface area contributed by atoms with Crippen LogP contribution in [0.5, 0.6) is 0 Å². The Hall–Kier alpha value is -1.20. The van der Waals surface area contributed by atoms with Crippen molar-refractivity contribution in [2.24, 2.45) is 5.73 Å². The molecule has 118 valence electrons. The first-order valence-corrected chi connectivity index (χ1v) is 9.25. The zero-order chi connectivity index (χ0) is 15.5. The molecule has 0 aromatic carbocycles. The van der Waals surface area contributed by atoms with Crippen LogP contribution in [-0.2, 0) is 21.2 Å². The van der Waals surface area contributed by atoms with Gasteiger partial charge < -0.3 is 11.1 Å². The number of sulfone groups is 1. The predicted molar refractivity (Wildman–Crippen MR) is 77.4 cm³/mol. The number of hydrogen-bond donors (Lipinski definition) is 2. The number of amides is 1. The van der Waals surface area contributed by atoms with Crippen LogP contribution < -0.4 is 11.1 Å². The number of nitrogens with two attached hydrogens (primary N) is 1. The van der Waals surface area contributed by atoms with Gasteiger partial charge in [-0.2, -0.15) is 0 Å². The van der Waals surface area contributed by atoms with Gasteiger partial charge in [0.2, 0.25) is 11.1 Å². The topological polar surface area (TPSA) is 133 Å². The summed E-state index contributed by atoms with van der Waals surface area (Å²) in [6.45, 7) is 2.63. The second-order valence-corrected chi connectivity index (χ2v) is 8.34. The molecule has 1 unspecified atom stereocenters. The Morgan fingerprint density at radius 3 is 2.95 bits per heavy atom. The summed E-state index contributed by atoms with van der Waals surface area (Å²) in [6.07, 6.45) is 0.441. The van der Waals surface area contributed by atoms with Gasteiger partial charge in [0.25, 0.3) is 0 Å². The highest BCUT2D eigenvalue weighted by Gasteiger charge is 2.39. The largest absolute Gasteiger partial charge is 0.349 e. The normalized spacial score (nSPS) is 24.1. The molecular formula is C10H18N6O3S2. The maximum absolute atomic E-state index is 12.0. The van der Waals surface area contributed by atoms with Crippen LogP contribution >= 0.6 is 11.8 Å². The second-order valence-electron chi connectivity index (χ2n) is 5.21. The van der Waals surface area contributed by atoms with Gasteiger partial charge in [-0.05, 0) is 23.8 Å². The molecule has 1 fully saturated rings. The Balaban J connectivity index is 1.86. The molecule has 9 nitrogen and oxygen atoms in total. The fourth-order valence-corrected chi connectivity index (χ4v) is 4.97. The minimum Gasteiger partial charge on any atom is -0.349 e. The molecule has 1 aromatic rings. The zero-order valence-corrected chi connectivity index (χ0v) is 13.3. The average Bonchev–Trinajstić information content (AvgIpc) is 2.92. The molecule has 1 aliphatic heterocycles. The van der Waals surface area contributed by atoms with Crippen molar-refractivity contribution in [3.8, 4) is 0 Å². The number of tetrazole rings is 1. The number of nitrogens with one attached hydrogen (secondary N) is 1. The summed E-state index contributed by atoms with van der Waals surface area (Å²) in [5.74, 6) is -0.00462. The van der Waals surface area contributed by atoms with Gasteiger partial charge in [-0.15, -0.1) is 5.10 Å². The lowest BCUT2D eigenvalue weighted by atomic mass is 10.0. The third-order valence-corrected chi connectivity index (χ3v) is 5.98. The maximum Gasteiger partial charge on any atom is 0.230 e. The first-order valence-electron chi connectivity index (χ1n) is 6.44. The van der Waals surface area contributed by atoms with Crippen molar-refractivity contribution in [2.75, 3.05) is 23.8 Å². The summed E-state index contributed by atoms with van der Waals surface area (Å²) in [6, 6.07) is 0. The van der Waals surface area contributed by atoms with E-state index < -0.39 is 15.4 Å². The van der Waals surface area contributed by atoms with E-state index in [2.05, 4.69) is 20.8 Å². The van der Waals surface area contributed by atoms with Crippen LogP contribution in [0.2, 0.25) is 0 Å². The average molecular weight is 334 g/mol. The molecule has 0 spiro atoms. The standard InChI is InChI=1S/C10H18N6O3S2/c1-10(2-5-21(18,19)7-10)12-8(17)6-20-9-13-14-15-16(9)4-3-11/h2-7,11H2,1H3,(H,12,17). The number of thioether (sulfide) groups is 1. The van der Waals surface area contributed by atoms with Gasteiger partial charge >= 0.3 is 0 Å². The quantitative estimate of drug-likeness (QED) is 0.595. The van der Waals surface area contributed by atoms with Crippen molar-refractivity contribution in [3.63, 3.8) is 0 Å². The van der Waals surface area contributed by atoms with Crippen molar-refractivity contribution < 1.29 is 13.2 Å². The number of rotatable bonds is 6. The number of nitrogens with zero attached hydrogens (tertiary/aromatic N) is 4. The summed E-state index contributed by atoms with van der Waals surface area (Å²) >= 11 is 1.19. The van der Waals surface area contributed by atoms with Gasteiger partial charge in [0, 0.05) is 6.54 Å². The van der Waals surface area contributed by atoms with E-state index in [9.17, 15) is 13.2 Å². The summed E-state index contributed by atoms with van der Waals surface area (Å²) in [4.78, 5) is 12.0. The SMILES string of the molecule is CC1(NC(=O)CSc2nnnn2CCN)CCS(=O)(=O)C1. The lowest BCUT2D eigenvalue weighted by molar-refractivity contribution is -0.120. The molecule has 0 saturated carbocycles. The fraction of sp³-hybridized carbons (Fsp3) is 0.800. The van der Waals surface area contributed by atoms with Crippen LogP contribution in [0.1, 0.15) is 13.3 Å². The Morgan fingerprint density at radius 2 is 2.33 bits per heavy atom. The summed E-state index contributed by atoms with van der Waals surface area (Å²) in [5.41, 5.74) is 4.75. The van der Waals surface area contributed by atoms with E-state index in [1.165, 1.54) is 16.4 Å². The van der Waals surface area contributed by atoms with E-state index in [1.54, 1.807) is 6.92 Å². The third-order valence-electron chi connectivity index (χ3n) is 3.12. The fourth-order valence-electron chi connectivity index (χ4n) is 2.17. The van der Waals surface area contributed by atoms with Gasteiger partial charge in [0.15, 0.2) is 9.84 Å². The van der Waals surface area contributed by atoms with Crippen molar-refractivity contribution >= 4 is 27.5 Å². The van der Waals surface area contributed by atoms with E-state index in [4.69, 9.17) is 5.73 Å². The molecule has 2 rings (SSSR count). The molecular weight excluding hydrogens is 316 g/mol. The van der Waals surface area contributed by atoms with Crippen molar-refractivity contribution in [2.45, 2.75) is 30.6 Å². The molecule has 11 heteroatoms. The highest BCUT2D eigenvalue weighted by atomic mass is 32.2. The highest BCUT2D eigenvalue weighted by Crippen LogP contribution is 2.23. The van der Waals surface area contributed by atoms with Gasteiger partial charge in [-0.25, -0.2) is 13.1 Å². The predicted octanol–water partition coefficient (Wildman–Crippen LogP) is -1.58. The Kier molecular flexibility index (Phi) is 4.84. The van der Waals surface area contributed by atoms with Crippen molar-refractivity contribution in [3.05, 3.63) is 0 Å². The number of hydrogen-bond acceptors (Lipinski definition) is 8. The van der Waals surface area contributed by atoms with E-state index in [0.717, 1.165) is 0 Å². The maximum atomic E-state index is 12.0. The van der Waals surface area contributed by atoms with Crippen LogP contribution in [-0.4, -0.2) is 63.9 Å². The van der Waals surface area contributed by atoms with Crippen LogP contribution in [0.15, 0.2) is 5.16 Å². The van der Waals surface area contributed by atoms with Gasteiger partial charge in [-0.3, -0.25) is 4.79 Å². The molecule has 1 atom stereocenters. The highest BCUT2D eigenvalue weighted by molar-refractivity contribution is 7.99. The van der Waals surface area contributed by atoms with Crippen LogP contribution in [0.25, 0.3) is 0 Å². The number of aromatic nitrogens is 4. The molecule has 1 aromatic heterocycles. The molecule has 0 radical (unpaired) electrons. The molecule has 1 saturated heterocycles. The molecule has 0 bridgehead atoms. The van der Waals surface area contributed by atoms with Gasteiger partial charge in [-0.1, -0.05) is 11.8 Å². The third kappa shape index (κ3) is 4.38. The van der Waals surface area contributed by atoms with E-state index in [0.29, 0.717) is 24.7 Å². The lowest BCUT2D eigenvalue weighted by Gasteiger charge is -2.23. The van der Waals surface area contributed by atoms with Gasteiger partial charge in [0.1, 0.15) is 0 Å². The second kappa shape index (κ2) is 6.28. The van der Waals surface area contributed by atoms with Crippen molar-refractivity contribution in [1.29, 1.82) is 0 Å². The first kappa shape index (κ1) is 16.2. The number of carbonyl (C=O) groups excluding carboxylic acids is 1. The first-order chi connectivity index (χ1) is 9.84. The summed E-state index contributed by atoms with van der Waals surface area (Å²) in [7, 11) is -3.04. The zero-order valence-electron chi connectivity index (χ0n) is 11.7. The van der Waals surface area contributed by atoms with Crippen LogP contribution in [0.3, 0.4) is 0 Å². The minimum absolute atomic E-state index is 0.0126. The molecule has 2 heterocycles. The van der Waals surface area contributed by atoms with E-state index in [-0.39, 0.29) is 23.2 Å². The van der Waals surface area contributed by atoms with Crippen molar-refractivity contribution in [1.82, 2.24) is 25.5 Å². The van der Waals surface area contributed by atoms with E-state index in [1.807, 2.05) is 0 Å². The van der Waals surface area contributed by atoms with Crippen LogP contribution in [0.4, 0.5) is 0 Å². The van der Waals surface area contributed by atoms with Gasteiger partial charge in [0.05, 0.1) is 29.3 Å². The molecule has 0 aliphatic carbocycles. The molecule has 1 aliphatic rings.